The molecule has 0 aromatic carbocycles. The summed E-state index contributed by atoms with van der Waals surface area (Å²) in [5, 5.41) is 0. The molecule has 0 aliphatic rings. The van der Waals surface area contributed by atoms with E-state index < -0.39 is 0 Å². The highest BCUT2D eigenvalue weighted by molar-refractivity contribution is 5.22. The first kappa shape index (κ1) is 23.1. The first-order valence-corrected chi connectivity index (χ1v) is 4.89. The van der Waals surface area contributed by atoms with E-state index in [1.807, 2.05) is 52.8 Å². The van der Waals surface area contributed by atoms with Crippen molar-refractivity contribution in [3.05, 3.63) is 49.1 Å². The maximum atomic E-state index is 3.57. The van der Waals surface area contributed by atoms with Crippen LogP contribution in [0.15, 0.2) is 49.1 Å². The fourth-order valence-corrected chi connectivity index (χ4v) is 0.461. The first-order valence-electron chi connectivity index (χ1n) is 4.89. The van der Waals surface area contributed by atoms with E-state index in [4.69, 9.17) is 0 Å². The molecule has 0 aromatic heterocycles. The van der Waals surface area contributed by atoms with Gasteiger partial charge in [-0.2, -0.15) is 0 Å². The molecule has 0 nitrogen and oxygen atoms in total. The zero-order valence-electron chi connectivity index (χ0n) is 9.80. The highest BCUT2D eigenvalue weighted by atomic mass is 13.8. The highest BCUT2D eigenvalue weighted by Gasteiger charge is 1.72. The largest absolute Gasteiger partial charge is 0.0991 e. The molecule has 0 fully saturated rings. The molecule has 84 valence electrons. The average Bonchev–Trinajstić information content (AvgIpc) is 2.21. The van der Waals surface area contributed by atoms with E-state index in [0.29, 0.717) is 0 Å². The molecule has 0 spiro atoms. The zero-order valence-corrected chi connectivity index (χ0v) is 9.80. The molecular formula is C14H28. The summed E-state index contributed by atoms with van der Waals surface area (Å²) >= 11 is 0. The Morgan fingerprint density at radius 1 is 0.929 bits per heavy atom. The molecular weight excluding hydrogens is 168 g/mol. The molecule has 0 aromatic rings. The van der Waals surface area contributed by atoms with Gasteiger partial charge in [-0.1, -0.05) is 84.2 Å². The minimum absolute atomic E-state index is 0. The van der Waals surface area contributed by atoms with Gasteiger partial charge >= 0.3 is 0 Å². The lowest BCUT2D eigenvalue weighted by Crippen LogP contribution is -1.62. The summed E-state index contributed by atoms with van der Waals surface area (Å²) in [5.41, 5.74) is 1.19. The van der Waals surface area contributed by atoms with Gasteiger partial charge in [0.05, 0.1) is 0 Å². The smallest absolute Gasteiger partial charge is 0.0398 e. The van der Waals surface area contributed by atoms with E-state index in [-0.39, 0.29) is 7.43 Å². The van der Waals surface area contributed by atoms with Gasteiger partial charge in [0.2, 0.25) is 0 Å². The molecule has 0 rings (SSSR count). The van der Waals surface area contributed by atoms with E-state index in [1.165, 1.54) is 5.57 Å². The molecule has 0 aliphatic carbocycles. The fourth-order valence-electron chi connectivity index (χ4n) is 0.461. The van der Waals surface area contributed by atoms with Crippen LogP contribution in [0.4, 0.5) is 0 Å². The first-order chi connectivity index (χ1) is 6.31. The van der Waals surface area contributed by atoms with Gasteiger partial charge in [-0.05, 0) is 6.92 Å². The molecule has 0 bridgehead atoms. The minimum atomic E-state index is 0. The van der Waals surface area contributed by atoms with Gasteiger partial charge in [0.25, 0.3) is 0 Å². The lowest BCUT2D eigenvalue weighted by molar-refractivity contribution is 1.50. The quantitative estimate of drug-likeness (QED) is 0.519. The van der Waals surface area contributed by atoms with Crippen molar-refractivity contribution < 1.29 is 0 Å². The molecule has 0 heteroatoms. The number of rotatable bonds is 3. The molecule has 0 saturated carbocycles. The van der Waals surface area contributed by atoms with Crippen molar-refractivity contribution in [1.82, 2.24) is 0 Å². The second-order valence-corrected chi connectivity index (χ2v) is 1.74. The summed E-state index contributed by atoms with van der Waals surface area (Å²) in [6.45, 7) is 17.1. The Balaban J connectivity index is -0.0000000883. The van der Waals surface area contributed by atoms with Gasteiger partial charge in [0.15, 0.2) is 0 Å². The van der Waals surface area contributed by atoms with Crippen molar-refractivity contribution in [2.75, 3.05) is 0 Å². The number of hydrogen-bond acceptors (Lipinski definition) is 0. The van der Waals surface area contributed by atoms with Crippen LogP contribution in [0.1, 0.15) is 42.0 Å². The summed E-state index contributed by atoms with van der Waals surface area (Å²) in [6, 6.07) is 0. The van der Waals surface area contributed by atoms with Crippen LogP contribution < -0.4 is 0 Å². The molecule has 0 aliphatic heterocycles. The zero-order chi connectivity index (χ0) is 11.1. The topological polar surface area (TPSA) is 0 Å². The molecule has 0 saturated heterocycles. The SMILES string of the molecule is C.C=C/C=C\C(C)=C/C=C.CC.CC. The normalized spacial score (nSPS) is 8.50. The Kier molecular flexibility index (Phi) is 48.9. The third kappa shape index (κ3) is 30.6. The molecule has 0 heterocycles. The second kappa shape index (κ2) is 29.7. The van der Waals surface area contributed by atoms with Crippen LogP contribution in [0.3, 0.4) is 0 Å². The van der Waals surface area contributed by atoms with Gasteiger partial charge < -0.3 is 0 Å². The van der Waals surface area contributed by atoms with Crippen LogP contribution in [0.5, 0.6) is 0 Å². The van der Waals surface area contributed by atoms with Crippen LogP contribution in [-0.4, -0.2) is 0 Å². The van der Waals surface area contributed by atoms with Crippen molar-refractivity contribution in [2.45, 2.75) is 42.0 Å². The van der Waals surface area contributed by atoms with Crippen molar-refractivity contribution in [3.8, 4) is 0 Å². The van der Waals surface area contributed by atoms with Gasteiger partial charge in [-0.3, -0.25) is 0 Å². The van der Waals surface area contributed by atoms with Gasteiger partial charge in [-0.25, -0.2) is 0 Å². The van der Waals surface area contributed by atoms with Crippen LogP contribution in [0, 0.1) is 0 Å². The molecule has 14 heavy (non-hydrogen) atoms. The van der Waals surface area contributed by atoms with Crippen molar-refractivity contribution in [1.29, 1.82) is 0 Å². The lowest BCUT2D eigenvalue weighted by Gasteiger charge is -1.83. The van der Waals surface area contributed by atoms with E-state index in [1.54, 1.807) is 12.2 Å². The third-order valence-corrected chi connectivity index (χ3v) is 0.876. The van der Waals surface area contributed by atoms with Gasteiger partial charge in [0.1, 0.15) is 0 Å². The van der Waals surface area contributed by atoms with Crippen molar-refractivity contribution in [2.24, 2.45) is 0 Å². The minimum Gasteiger partial charge on any atom is -0.0991 e. The Morgan fingerprint density at radius 3 is 1.64 bits per heavy atom. The van der Waals surface area contributed by atoms with Gasteiger partial charge in [-0.15, -0.1) is 0 Å². The van der Waals surface area contributed by atoms with Crippen LogP contribution in [-0.2, 0) is 0 Å². The van der Waals surface area contributed by atoms with Gasteiger partial charge in [0, 0.05) is 0 Å². The van der Waals surface area contributed by atoms with E-state index in [9.17, 15) is 0 Å². The summed E-state index contributed by atoms with van der Waals surface area (Å²) in [5.74, 6) is 0. The third-order valence-electron chi connectivity index (χ3n) is 0.876. The second-order valence-electron chi connectivity index (χ2n) is 1.74. The van der Waals surface area contributed by atoms with E-state index in [2.05, 4.69) is 13.2 Å². The Bertz CT molecular complexity index is 147. The number of hydrogen-bond donors (Lipinski definition) is 0. The molecule has 0 amide bonds. The maximum absolute atomic E-state index is 3.57. The Morgan fingerprint density at radius 2 is 1.36 bits per heavy atom. The van der Waals surface area contributed by atoms with E-state index in [0.717, 1.165) is 0 Å². The van der Waals surface area contributed by atoms with Crippen molar-refractivity contribution >= 4 is 0 Å². The standard InChI is InChI=1S/C9H12.2C2H6.CH4/c1-4-6-8-9(3)7-5-2;2*1-2;/h4-8H,1-2H2,3H3;2*1-2H3;1H4/b8-6-,9-7-;;;. The summed E-state index contributed by atoms with van der Waals surface area (Å²) in [6.07, 6.45) is 9.34. The average molecular weight is 196 g/mol. The maximum Gasteiger partial charge on any atom is -0.0398 e. The van der Waals surface area contributed by atoms with Crippen LogP contribution in [0.2, 0.25) is 0 Å². The Hall–Kier alpha value is -1.04. The van der Waals surface area contributed by atoms with Crippen LogP contribution in [0.25, 0.3) is 0 Å². The molecule has 0 atom stereocenters. The predicted molar refractivity (Wildman–Crippen MR) is 72.7 cm³/mol. The predicted octanol–water partition coefficient (Wildman–Crippen LogP) is 5.55. The molecule has 0 N–H and O–H groups in total. The molecule has 0 radical (unpaired) electrons. The fraction of sp³-hybridized carbons (Fsp3) is 0.429. The van der Waals surface area contributed by atoms with Crippen molar-refractivity contribution in [3.63, 3.8) is 0 Å². The van der Waals surface area contributed by atoms with E-state index >= 15 is 0 Å². The summed E-state index contributed by atoms with van der Waals surface area (Å²) < 4.78 is 0. The number of allylic oxidation sites excluding steroid dienone is 6. The lowest BCUT2D eigenvalue weighted by atomic mass is 10.2. The Labute approximate surface area is 91.7 Å². The van der Waals surface area contributed by atoms with Crippen LogP contribution >= 0.6 is 0 Å². The summed E-state index contributed by atoms with van der Waals surface area (Å²) in [7, 11) is 0. The summed E-state index contributed by atoms with van der Waals surface area (Å²) in [4.78, 5) is 0. The monoisotopic (exact) mass is 196 g/mol. The highest BCUT2D eigenvalue weighted by Crippen LogP contribution is 1.93. The molecule has 0 unspecified atom stereocenters.